The van der Waals surface area contributed by atoms with Gasteiger partial charge in [0.2, 0.25) is 5.91 Å². The quantitative estimate of drug-likeness (QED) is 0.724. The fourth-order valence-electron chi connectivity index (χ4n) is 3.66. The van der Waals surface area contributed by atoms with E-state index in [1.54, 1.807) is 24.1 Å². The molecule has 3 aromatic rings. The summed E-state index contributed by atoms with van der Waals surface area (Å²) in [6.45, 7) is 2.13. The Kier molecular flexibility index (Phi) is 5.46. The number of ether oxygens (including phenoxy) is 1. The maximum absolute atomic E-state index is 12.8. The lowest BCUT2D eigenvalue weighted by atomic mass is 10.1. The summed E-state index contributed by atoms with van der Waals surface area (Å²) in [5.74, 6) is 1.43. The van der Waals surface area contributed by atoms with Crippen molar-refractivity contribution in [3.63, 3.8) is 0 Å². The number of piperazine rings is 1. The highest BCUT2D eigenvalue weighted by atomic mass is 16.5. The van der Waals surface area contributed by atoms with Crippen LogP contribution >= 0.6 is 0 Å². The third-order valence-electron chi connectivity index (χ3n) is 5.27. The molecular weight excluding hydrogens is 368 g/mol. The molecule has 1 aromatic heterocycles. The highest BCUT2D eigenvalue weighted by Crippen LogP contribution is 2.20. The molecule has 1 fully saturated rings. The molecule has 1 aliphatic heterocycles. The number of aromatic nitrogens is 2. The van der Waals surface area contributed by atoms with E-state index in [-0.39, 0.29) is 11.8 Å². The minimum atomic E-state index is -0.0585. The average molecular weight is 392 g/mol. The molecule has 1 aliphatic rings. The van der Waals surface area contributed by atoms with Crippen LogP contribution in [0.25, 0.3) is 11.0 Å². The summed E-state index contributed by atoms with van der Waals surface area (Å²) in [6, 6.07) is 15.1. The predicted molar refractivity (Wildman–Crippen MR) is 110 cm³/mol. The number of aryl methyl sites for hydroxylation is 1. The smallest absolute Gasteiger partial charge is 0.257 e. The molecule has 150 valence electrons. The van der Waals surface area contributed by atoms with E-state index in [2.05, 4.69) is 9.97 Å². The van der Waals surface area contributed by atoms with Crippen LogP contribution in [-0.4, -0.2) is 64.9 Å². The van der Waals surface area contributed by atoms with E-state index < -0.39 is 0 Å². The van der Waals surface area contributed by atoms with Crippen LogP contribution in [0.15, 0.2) is 48.5 Å². The van der Waals surface area contributed by atoms with Crippen LogP contribution in [0.1, 0.15) is 22.6 Å². The number of hydrogen-bond donors (Lipinski definition) is 1. The van der Waals surface area contributed by atoms with E-state index in [4.69, 9.17) is 4.74 Å². The normalized spacial score (nSPS) is 14.2. The van der Waals surface area contributed by atoms with Crippen molar-refractivity contribution in [2.24, 2.45) is 0 Å². The number of aromatic amines is 1. The molecule has 0 atom stereocenters. The van der Waals surface area contributed by atoms with Crippen molar-refractivity contribution in [3.8, 4) is 5.75 Å². The Balaban J connectivity index is 1.30. The lowest BCUT2D eigenvalue weighted by Crippen LogP contribution is -2.50. The van der Waals surface area contributed by atoms with E-state index in [1.165, 1.54) is 0 Å². The molecule has 29 heavy (non-hydrogen) atoms. The molecule has 0 bridgehead atoms. The summed E-state index contributed by atoms with van der Waals surface area (Å²) < 4.78 is 5.29. The summed E-state index contributed by atoms with van der Waals surface area (Å²) in [5.41, 5.74) is 2.46. The van der Waals surface area contributed by atoms with Crippen LogP contribution in [0.2, 0.25) is 0 Å². The maximum Gasteiger partial charge on any atom is 0.257 e. The molecule has 2 amide bonds. The van der Waals surface area contributed by atoms with Gasteiger partial charge < -0.3 is 19.5 Å². The van der Waals surface area contributed by atoms with Crippen molar-refractivity contribution in [3.05, 3.63) is 59.9 Å². The molecule has 0 radical (unpaired) electrons. The molecule has 7 nitrogen and oxygen atoms in total. The van der Waals surface area contributed by atoms with Crippen LogP contribution in [-0.2, 0) is 11.2 Å². The van der Waals surface area contributed by atoms with Crippen LogP contribution in [0.3, 0.4) is 0 Å². The standard InChI is InChI=1S/C22H24N4O3/c1-29-19-9-5-2-6-16(19)22(28)26-14-12-25(13-15-26)21(27)11-10-20-23-17-7-3-4-8-18(17)24-20/h2-9H,10-15H2,1H3,(H,23,24). The molecule has 0 unspecified atom stereocenters. The van der Waals surface area contributed by atoms with Crippen molar-refractivity contribution < 1.29 is 14.3 Å². The van der Waals surface area contributed by atoms with Gasteiger partial charge in [-0.3, -0.25) is 9.59 Å². The molecule has 0 saturated carbocycles. The molecule has 2 heterocycles. The highest BCUT2D eigenvalue weighted by Gasteiger charge is 2.26. The first-order chi connectivity index (χ1) is 14.2. The predicted octanol–water partition coefficient (Wildman–Crippen LogP) is 2.49. The SMILES string of the molecule is COc1ccccc1C(=O)N1CCN(C(=O)CCc2nc3ccccc3[nH]2)CC1. The van der Waals surface area contributed by atoms with Gasteiger partial charge in [0.15, 0.2) is 0 Å². The van der Waals surface area contributed by atoms with Crippen LogP contribution in [0, 0.1) is 0 Å². The number of imidazole rings is 1. The number of para-hydroxylation sites is 3. The number of nitrogens with one attached hydrogen (secondary N) is 1. The zero-order valence-corrected chi connectivity index (χ0v) is 16.4. The number of carbonyl (C=O) groups is 2. The summed E-state index contributed by atoms with van der Waals surface area (Å²) in [6.07, 6.45) is 0.980. The fraction of sp³-hybridized carbons (Fsp3) is 0.318. The van der Waals surface area contributed by atoms with Gasteiger partial charge in [0.05, 0.1) is 23.7 Å². The zero-order chi connectivity index (χ0) is 20.2. The molecule has 0 aliphatic carbocycles. The molecule has 1 saturated heterocycles. The number of fused-ring (bicyclic) bond motifs is 1. The van der Waals surface area contributed by atoms with Gasteiger partial charge >= 0.3 is 0 Å². The van der Waals surface area contributed by atoms with Crippen molar-refractivity contribution in [1.82, 2.24) is 19.8 Å². The van der Waals surface area contributed by atoms with Crippen LogP contribution < -0.4 is 4.74 Å². The highest BCUT2D eigenvalue weighted by molar-refractivity contribution is 5.97. The number of nitrogens with zero attached hydrogens (tertiary/aromatic N) is 3. The summed E-state index contributed by atoms with van der Waals surface area (Å²) in [4.78, 5) is 36.8. The Hall–Kier alpha value is -3.35. The third-order valence-corrected chi connectivity index (χ3v) is 5.27. The van der Waals surface area contributed by atoms with E-state index in [0.717, 1.165) is 16.9 Å². The number of hydrogen-bond acceptors (Lipinski definition) is 4. The molecule has 1 N–H and O–H groups in total. The minimum absolute atomic E-state index is 0.0585. The molecule has 0 spiro atoms. The summed E-state index contributed by atoms with van der Waals surface area (Å²) >= 11 is 0. The second-order valence-corrected chi connectivity index (χ2v) is 7.07. The van der Waals surface area contributed by atoms with E-state index >= 15 is 0 Å². The zero-order valence-electron chi connectivity index (χ0n) is 16.4. The fourth-order valence-corrected chi connectivity index (χ4v) is 3.66. The van der Waals surface area contributed by atoms with Gasteiger partial charge in [-0.05, 0) is 24.3 Å². The topological polar surface area (TPSA) is 78.5 Å². The number of methoxy groups -OCH3 is 1. The Morgan fingerprint density at radius 2 is 1.69 bits per heavy atom. The minimum Gasteiger partial charge on any atom is -0.496 e. The van der Waals surface area contributed by atoms with Gasteiger partial charge in [-0.15, -0.1) is 0 Å². The second kappa shape index (κ2) is 8.34. The number of carbonyl (C=O) groups excluding carboxylic acids is 2. The molecule has 2 aromatic carbocycles. The van der Waals surface area contributed by atoms with E-state index in [9.17, 15) is 9.59 Å². The first kappa shape index (κ1) is 19.0. The van der Waals surface area contributed by atoms with Gasteiger partial charge in [0.1, 0.15) is 11.6 Å². The molecule has 7 heteroatoms. The second-order valence-electron chi connectivity index (χ2n) is 7.07. The molecular formula is C22H24N4O3. The average Bonchev–Trinajstić information content (AvgIpc) is 3.20. The van der Waals surface area contributed by atoms with Crippen molar-refractivity contribution in [2.45, 2.75) is 12.8 Å². The van der Waals surface area contributed by atoms with Gasteiger partial charge in [0.25, 0.3) is 5.91 Å². The summed E-state index contributed by atoms with van der Waals surface area (Å²) in [5, 5.41) is 0. The van der Waals surface area contributed by atoms with Gasteiger partial charge in [-0.1, -0.05) is 24.3 Å². The molecule has 4 rings (SSSR count). The van der Waals surface area contributed by atoms with Crippen molar-refractivity contribution in [1.29, 1.82) is 0 Å². The summed E-state index contributed by atoms with van der Waals surface area (Å²) in [7, 11) is 1.56. The number of amides is 2. The largest absolute Gasteiger partial charge is 0.496 e. The Labute approximate surface area is 169 Å². The van der Waals surface area contributed by atoms with Gasteiger partial charge in [0, 0.05) is 39.0 Å². The Morgan fingerprint density at radius 1 is 1.00 bits per heavy atom. The van der Waals surface area contributed by atoms with Gasteiger partial charge in [-0.2, -0.15) is 0 Å². The van der Waals surface area contributed by atoms with Crippen molar-refractivity contribution in [2.75, 3.05) is 33.3 Å². The third kappa shape index (κ3) is 4.08. The lowest BCUT2D eigenvalue weighted by molar-refractivity contribution is -0.132. The first-order valence-electron chi connectivity index (χ1n) is 9.79. The lowest BCUT2D eigenvalue weighted by Gasteiger charge is -2.35. The van der Waals surface area contributed by atoms with Gasteiger partial charge in [-0.25, -0.2) is 4.98 Å². The number of benzene rings is 2. The van der Waals surface area contributed by atoms with Crippen LogP contribution in [0.4, 0.5) is 0 Å². The number of rotatable bonds is 5. The van der Waals surface area contributed by atoms with Crippen molar-refractivity contribution >= 4 is 22.8 Å². The van der Waals surface area contributed by atoms with E-state index in [0.29, 0.717) is 50.3 Å². The first-order valence-corrected chi connectivity index (χ1v) is 9.79. The monoisotopic (exact) mass is 392 g/mol. The maximum atomic E-state index is 12.8. The van der Waals surface area contributed by atoms with Crippen LogP contribution in [0.5, 0.6) is 5.75 Å². The number of H-pyrrole nitrogens is 1. The Morgan fingerprint density at radius 3 is 2.45 bits per heavy atom. The van der Waals surface area contributed by atoms with E-state index in [1.807, 2.05) is 41.3 Å². The Bertz CT molecular complexity index is 989.